The Hall–Kier alpha value is -2.61. The molecule has 1 aromatic heterocycles. The van der Waals surface area contributed by atoms with E-state index in [9.17, 15) is 4.79 Å². The second-order valence-electron chi connectivity index (χ2n) is 6.00. The highest BCUT2D eigenvalue weighted by atomic mass is 32.2. The summed E-state index contributed by atoms with van der Waals surface area (Å²) in [5, 5.41) is 4.59. The fraction of sp³-hybridized carbons (Fsp3) is 0.400. The molecule has 0 bridgehead atoms. The number of aromatic nitrogens is 2. The van der Waals surface area contributed by atoms with E-state index in [2.05, 4.69) is 27.4 Å². The molecular weight excluding hydrogens is 376 g/mol. The highest BCUT2D eigenvalue weighted by molar-refractivity contribution is 7.99. The first-order valence-electron chi connectivity index (χ1n) is 9.18. The van der Waals surface area contributed by atoms with Crippen LogP contribution in [0.4, 0.5) is 0 Å². The molecule has 2 aromatic rings. The lowest BCUT2D eigenvalue weighted by Gasteiger charge is -2.11. The quantitative estimate of drug-likeness (QED) is 0.283. The Labute approximate surface area is 170 Å². The Morgan fingerprint density at radius 1 is 1.14 bits per heavy atom. The van der Waals surface area contributed by atoms with Crippen molar-refractivity contribution < 1.29 is 14.3 Å². The predicted molar refractivity (Wildman–Crippen MR) is 111 cm³/mol. The Morgan fingerprint density at radius 2 is 1.89 bits per heavy atom. The number of ether oxygens (including phenoxy) is 2. The van der Waals surface area contributed by atoms with E-state index >= 15 is 0 Å². The van der Waals surface area contributed by atoms with Gasteiger partial charge in [0.15, 0.2) is 16.7 Å². The van der Waals surface area contributed by atoms with Gasteiger partial charge in [-0.1, -0.05) is 18.7 Å². The van der Waals surface area contributed by atoms with Crippen LogP contribution in [-0.2, 0) is 4.79 Å². The fourth-order valence-corrected chi connectivity index (χ4v) is 3.05. The zero-order chi connectivity index (χ0) is 20.4. The highest BCUT2D eigenvalue weighted by Crippen LogP contribution is 2.28. The number of nitrogens with one attached hydrogen (secondary N) is 1. The Bertz CT molecular complexity index is 807. The Kier molecular flexibility index (Phi) is 8.74. The topological polar surface area (TPSA) is 85.7 Å². The molecule has 0 fully saturated rings. The van der Waals surface area contributed by atoms with Gasteiger partial charge in [0.25, 0.3) is 5.91 Å². The van der Waals surface area contributed by atoms with Gasteiger partial charge < -0.3 is 9.47 Å². The molecule has 0 unspecified atom stereocenters. The predicted octanol–water partition coefficient (Wildman–Crippen LogP) is 3.52. The molecule has 150 valence electrons. The fourth-order valence-electron chi connectivity index (χ4n) is 2.30. The first-order chi connectivity index (χ1) is 13.5. The van der Waals surface area contributed by atoms with Crippen LogP contribution in [0, 0.1) is 13.8 Å². The van der Waals surface area contributed by atoms with Gasteiger partial charge in [-0.3, -0.25) is 4.79 Å². The molecule has 7 nitrogen and oxygen atoms in total. The van der Waals surface area contributed by atoms with Crippen molar-refractivity contribution in [1.29, 1.82) is 0 Å². The highest BCUT2D eigenvalue weighted by Gasteiger charge is 2.07. The molecular formula is C20H26N4O3S. The van der Waals surface area contributed by atoms with Gasteiger partial charge in [-0.15, -0.1) is 0 Å². The summed E-state index contributed by atoms with van der Waals surface area (Å²) in [6.45, 7) is 8.94. The van der Waals surface area contributed by atoms with Crippen LogP contribution in [0.2, 0.25) is 0 Å². The van der Waals surface area contributed by atoms with E-state index in [1.54, 1.807) is 6.21 Å². The number of carbonyl (C=O) groups excluding carboxylic acids is 1. The molecule has 1 heterocycles. The maximum absolute atomic E-state index is 12.0. The van der Waals surface area contributed by atoms with Crippen LogP contribution in [0.1, 0.15) is 37.2 Å². The molecule has 1 amide bonds. The zero-order valence-corrected chi connectivity index (χ0v) is 17.5. The van der Waals surface area contributed by atoms with Gasteiger partial charge in [-0.25, -0.2) is 15.4 Å². The van der Waals surface area contributed by atoms with Crippen molar-refractivity contribution in [2.45, 2.75) is 39.3 Å². The van der Waals surface area contributed by atoms with Crippen LogP contribution in [0.3, 0.4) is 0 Å². The number of hydrogen-bond acceptors (Lipinski definition) is 7. The number of benzene rings is 1. The number of amides is 1. The number of aryl methyl sites for hydroxylation is 2. The van der Waals surface area contributed by atoms with Gasteiger partial charge in [0, 0.05) is 11.4 Å². The van der Waals surface area contributed by atoms with Crippen LogP contribution in [0.25, 0.3) is 0 Å². The second kappa shape index (κ2) is 11.3. The van der Waals surface area contributed by atoms with Gasteiger partial charge in [0.1, 0.15) is 0 Å². The molecule has 0 spiro atoms. The number of thioether (sulfide) groups is 1. The molecule has 0 aliphatic rings. The molecule has 8 heteroatoms. The van der Waals surface area contributed by atoms with E-state index in [0.717, 1.165) is 23.4 Å². The van der Waals surface area contributed by atoms with Crippen molar-refractivity contribution in [3.63, 3.8) is 0 Å². The first-order valence-corrected chi connectivity index (χ1v) is 10.2. The third kappa shape index (κ3) is 7.19. The van der Waals surface area contributed by atoms with Crippen molar-refractivity contribution in [2.24, 2.45) is 5.10 Å². The van der Waals surface area contributed by atoms with Crippen molar-refractivity contribution in [2.75, 3.05) is 19.0 Å². The van der Waals surface area contributed by atoms with Crippen LogP contribution in [0.5, 0.6) is 11.5 Å². The largest absolute Gasteiger partial charge is 0.490 e. The van der Waals surface area contributed by atoms with E-state index in [1.807, 2.05) is 45.0 Å². The van der Waals surface area contributed by atoms with Gasteiger partial charge in [0.05, 0.1) is 25.2 Å². The van der Waals surface area contributed by atoms with E-state index in [1.165, 1.54) is 11.8 Å². The summed E-state index contributed by atoms with van der Waals surface area (Å²) in [6, 6.07) is 7.43. The molecule has 1 N–H and O–H groups in total. The normalized spacial score (nSPS) is 10.9. The van der Waals surface area contributed by atoms with Crippen molar-refractivity contribution in [1.82, 2.24) is 15.4 Å². The summed E-state index contributed by atoms with van der Waals surface area (Å²) >= 11 is 1.28. The SMILES string of the molecule is CCCOc1ccc(C=NNC(=O)CSc2nc(C)cc(C)n2)cc1OCC. The van der Waals surface area contributed by atoms with Crippen molar-refractivity contribution in [3.8, 4) is 11.5 Å². The summed E-state index contributed by atoms with van der Waals surface area (Å²) in [5.74, 6) is 1.33. The van der Waals surface area contributed by atoms with E-state index in [4.69, 9.17) is 9.47 Å². The average Bonchev–Trinajstić information content (AvgIpc) is 2.65. The number of carbonyl (C=O) groups is 1. The first kappa shape index (κ1) is 21.7. The molecule has 0 radical (unpaired) electrons. The van der Waals surface area contributed by atoms with Crippen molar-refractivity contribution >= 4 is 23.9 Å². The molecule has 0 aliphatic carbocycles. The molecule has 0 atom stereocenters. The zero-order valence-electron chi connectivity index (χ0n) is 16.7. The van der Waals surface area contributed by atoms with Gasteiger partial charge >= 0.3 is 0 Å². The monoisotopic (exact) mass is 402 g/mol. The third-order valence-corrected chi connectivity index (χ3v) is 4.27. The number of hydrogen-bond donors (Lipinski definition) is 1. The minimum Gasteiger partial charge on any atom is -0.490 e. The van der Waals surface area contributed by atoms with Crippen molar-refractivity contribution in [3.05, 3.63) is 41.2 Å². The number of hydrazone groups is 1. The molecule has 0 saturated heterocycles. The summed E-state index contributed by atoms with van der Waals surface area (Å²) in [6.07, 6.45) is 2.49. The Balaban J connectivity index is 1.90. The number of rotatable bonds is 10. The lowest BCUT2D eigenvalue weighted by Crippen LogP contribution is -2.19. The lowest BCUT2D eigenvalue weighted by atomic mass is 10.2. The van der Waals surface area contributed by atoms with Crippen LogP contribution in [0.15, 0.2) is 34.5 Å². The van der Waals surface area contributed by atoms with E-state index in [-0.39, 0.29) is 11.7 Å². The van der Waals surface area contributed by atoms with Crippen LogP contribution in [-0.4, -0.2) is 41.1 Å². The summed E-state index contributed by atoms with van der Waals surface area (Å²) in [7, 11) is 0. The maximum atomic E-state index is 12.0. The molecule has 0 aliphatic heterocycles. The molecule has 0 saturated carbocycles. The van der Waals surface area contributed by atoms with Gasteiger partial charge in [-0.2, -0.15) is 5.10 Å². The third-order valence-electron chi connectivity index (χ3n) is 3.43. The average molecular weight is 403 g/mol. The van der Waals surface area contributed by atoms with Crippen LogP contribution >= 0.6 is 11.8 Å². The van der Waals surface area contributed by atoms with Crippen LogP contribution < -0.4 is 14.9 Å². The molecule has 28 heavy (non-hydrogen) atoms. The maximum Gasteiger partial charge on any atom is 0.250 e. The lowest BCUT2D eigenvalue weighted by molar-refractivity contribution is -0.118. The Morgan fingerprint density at radius 3 is 2.57 bits per heavy atom. The standard InChI is InChI=1S/C20H26N4O3S/c1-5-9-27-17-8-7-16(11-18(17)26-6-2)12-21-24-19(25)13-28-20-22-14(3)10-15(4)23-20/h7-8,10-12H,5-6,9,13H2,1-4H3,(H,24,25). The minimum absolute atomic E-state index is 0.189. The second-order valence-corrected chi connectivity index (χ2v) is 6.95. The molecule has 2 rings (SSSR count). The van der Waals surface area contributed by atoms with E-state index < -0.39 is 0 Å². The molecule has 1 aromatic carbocycles. The van der Waals surface area contributed by atoms with Gasteiger partial charge in [-0.05, 0) is 57.0 Å². The number of nitrogens with zero attached hydrogens (tertiary/aromatic N) is 3. The van der Waals surface area contributed by atoms with Gasteiger partial charge in [0.2, 0.25) is 0 Å². The smallest absolute Gasteiger partial charge is 0.250 e. The minimum atomic E-state index is -0.225. The van der Waals surface area contributed by atoms with E-state index in [0.29, 0.717) is 29.9 Å². The summed E-state index contributed by atoms with van der Waals surface area (Å²) in [4.78, 5) is 20.6. The summed E-state index contributed by atoms with van der Waals surface area (Å²) in [5.41, 5.74) is 5.08. The summed E-state index contributed by atoms with van der Waals surface area (Å²) < 4.78 is 11.3.